The van der Waals surface area contributed by atoms with Crippen molar-refractivity contribution in [3.8, 4) is 5.75 Å². The third-order valence-electron chi connectivity index (χ3n) is 7.44. The largest absolute Gasteiger partial charge is 0.573 e. The highest BCUT2D eigenvalue weighted by molar-refractivity contribution is 7.89. The highest BCUT2D eigenvalue weighted by Crippen LogP contribution is 2.31. The van der Waals surface area contributed by atoms with Gasteiger partial charge in [-0.3, -0.25) is 14.4 Å². The lowest BCUT2D eigenvalue weighted by atomic mass is 10.0. The van der Waals surface area contributed by atoms with Crippen molar-refractivity contribution in [1.29, 1.82) is 0 Å². The van der Waals surface area contributed by atoms with Crippen LogP contribution in [0.2, 0.25) is 0 Å². The predicted octanol–water partition coefficient (Wildman–Crippen LogP) is 2.40. The summed E-state index contributed by atoms with van der Waals surface area (Å²) in [5.74, 6) is -5.79. The molecule has 20 heteroatoms. The van der Waals surface area contributed by atoms with E-state index >= 15 is 0 Å². The molecule has 1 atom stereocenters. The van der Waals surface area contributed by atoms with Crippen molar-refractivity contribution in [3.63, 3.8) is 0 Å². The van der Waals surface area contributed by atoms with Crippen LogP contribution in [-0.2, 0) is 54.6 Å². The van der Waals surface area contributed by atoms with Crippen molar-refractivity contribution >= 4 is 27.8 Å². The van der Waals surface area contributed by atoms with Crippen molar-refractivity contribution in [2.24, 2.45) is 0 Å². The van der Waals surface area contributed by atoms with E-state index in [1.165, 1.54) is 36.1 Å². The SMILES string of the molecule is CCOC(=O)Cn1nnnc1CC(=O)N1CCN(S(=O)(=O)c2ccc(OC(F)(F)F)cc2)C(C(=O)NCc2ccc(C(F)(F)CC)cc2)C1. The van der Waals surface area contributed by atoms with Gasteiger partial charge in [0.1, 0.15) is 18.3 Å². The Hall–Kier alpha value is -4.72. The summed E-state index contributed by atoms with van der Waals surface area (Å²) in [7, 11) is -4.52. The van der Waals surface area contributed by atoms with Crippen molar-refractivity contribution in [1.82, 2.24) is 34.7 Å². The van der Waals surface area contributed by atoms with Crippen LogP contribution in [0.1, 0.15) is 37.2 Å². The number of sulfonamides is 1. The number of benzene rings is 2. The van der Waals surface area contributed by atoms with Gasteiger partial charge in [0, 0.05) is 38.2 Å². The van der Waals surface area contributed by atoms with Crippen LogP contribution in [0.25, 0.3) is 0 Å². The molecule has 1 fully saturated rings. The molecule has 3 aromatic rings. The van der Waals surface area contributed by atoms with Gasteiger partial charge in [0.25, 0.3) is 5.92 Å². The first-order chi connectivity index (χ1) is 23.0. The summed E-state index contributed by atoms with van der Waals surface area (Å²) in [5, 5.41) is 13.5. The number of hydrogen-bond acceptors (Lipinski definition) is 10. The monoisotopic (exact) mass is 717 g/mol. The van der Waals surface area contributed by atoms with Gasteiger partial charge < -0.3 is 19.7 Å². The molecule has 1 aliphatic heterocycles. The molecule has 266 valence electrons. The molecule has 2 heterocycles. The fraction of sp³-hybridized carbons (Fsp3) is 0.448. The molecule has 14 nitrogen and oxygen atoms in total. The molecule has 0 bridgehead atoms. The van der Waals surface area contributed by atoms with Crippen LogP contribution in [0.4, 0.5) is 22.0 Å². The van der Waals surface area contributed by atoms with E-state index < -0.39 is 76.2 Å². The molecule has 1 aromatic heterocycles. The number of amides is 2. The van der Waals surface area contributed by atoms with Crippen LogP contribution in [0.15, 0.2) is 53.4 Å². The molecule has 49 heavy (non-hydrogen) atoms. The number of nitrogens with zero attached hydrogens (tertiary/aromatic N) is 6. The van der Waals surface area contributed by atoms with E-state index in [0.29, 0.717) is 5.56 Å². The van der Waals surface area contributed by atoms with Gasteiger partial charge in [-0.1, -0.05) is 31.2 Å². The van der Waals surface area contributed by atoms with E-state index in [9.17, 15) is 44.8 Å². The minimum atomic E-state index is -5.01. The lowest BCUT2D eigenvalue weighted by molar-refractivity contribution is -0.274. The van der Waals surface area contributed by atoms with Crippen molar-refractivity contribution in [2.45, 2.75) is 63.0 Å². The Morgan fingerprint density at radius 2 is 1.65 bits per heavy atom. The highest BCUT2D eigenvalue weighted by atomic mass is 32.2. The summed E-state index contributed by atoms with van der Waals surface area (Å²) < 4.78 is 104. The number of esters is 1. The first-order valence-electron chi connectivity index (χ1n) is 14.8. The average molecular weight is 718 g/mol. The zero-order valence-corrected chi connectivity index (χ0v) is 27.0. The molecule has 2 amide bonds. The minimum absolute atomic E-state index is 0.00682. The van der Waals surface area contributed by atoms with E-state index in [1.54, 1.807) is 6.92 Å². The molecule has 1 unspecified atom stereocenters. The summed E-state index contributed by atoms with van der Waals surface area (Å²) in [6, 6.07) is 7.07. The molecule has 0 aliphatic carbocycles. The van der Waals surface area contributed by atoms with Gasteiger partial charge in [-0.05, 0) is 47.2 Å². The van der Waals surface area contributed by atoms with E-state index in [1.807, 2.05) is 0 Å². The zero-order valence-electron chi connectivity index (χ0n) is 26.2. The maximum atomic E-state index is 14.0. The fourth-order valence-electron chi connectivity index (χ4n) is 4.87. The van der Waals surface area contributed by atoms with Gasteiger partial charge in [-0.15, -0.1) is 18.3 Å². The third kappa shape index (κ3) is 9.46. The molecular weight excluding hydrogens is 685 g/mol. The van der Waals surface area contributed by atoms with Crippen LogP contribution in [0, 0.1) is 0 Å². The van der Waals surface area contributed by atoms with Crippen LogP contribution >= 0.6 is 0 Å². The topological polar surface area (TPSA) is 166 Å². The summed E-state index contributed by atoms with van der Waals surface area (Å²) in [6.07, 6.45) is -5.84. The minimum Gasteiger partial charge on any atom is -0.465 e. The zero-order chi connectivity index (χ0) is 36.0. The Labute approximate surface area is 277 Å². The molecular formula is C29H32F5N7O7S. The first-order valence-corrected chi connectivity index (χ1v) is 16.3. The lowest BCUT2D eigenvalue weighted by Gasteiger charge is -2.39. The number of aromatic nitrogens is 4. The molecule has 4 rings (SSSR count). The molecule has 1 saturated heterocycles. The second kappa shape index (κ2) is 15.2. The number of tetrazole rings is 1. The summed E-state index contributed by atoms with van der Waals surface area (Å²) in [6.45, 7) is 1.48. The number of rotatable bonds is 13. The first kappa shape index (κ1) is 37.1. The Bertz CT molecular complexity index is 1740. The van der Waals surface area contributed by atoms with E-state index in [-0.39, 0.29) is 44.2 Å². The summed E-state index contributed by atoms with van der Waals surface area (Å²) >= 11 is 0. The Balaban J connectivity index is 1.55. The van der Waals surface area contributed by atoms with Crippen molar-refractivity contribution in [3.05, 3.63) is 65.5 Å². The predicted molar refractivity (Wildman–Crippen MR) is 158 cm³/mol. The summed E-state index contributed by atoms with van der Waals surface area (Å²) in [5.41, 5.74) is 0.208. The number of alkyl halides is 5. The van der Waals surface area contributed by atoms with Gasteiger partial charge in [-0.25, -0.2) is 21.9 Å². The molecule has 2 aromatic carbocycles. The highest BCUT2D eigenvalue weighted by Gasteiger charge is 2.42. The van der Waals surface area contributed by atoms with Crippen LogP contribution in [-0.4, -0.2) is 94.3 Å². The average Bonchev–Trinajstić information content (AvgIpc) is 3.48. The second-order valence-electron chi connectivity index (χ2n) is 10.7. The van der Waals surface area contributed by atoms with Crippen molar-refractivity contribution < 1.29 is 54.2 Å². The maximum absolute atomic E-state index is 14.0. The Morgan fingerprint density at radius 1 is 0.980 bits per heavy atom. The lowest BCUT2D eigenvalue weighted by Crippen LogP contribution is -2.61. The molecule has 1 N–H and O–H groups in total. The fourth-order valence-corrected chi connectivity index (χ4v) is 6.44. The molecule has 0 radical (unpaired) electrons. The van der Waals surface area contributed by atoms with Crippen molar-refractivity contribution in [2.75, 3.05) is 26.2 Å². The number of halogens is 5. The smallest absolute Gasteiger partial charge is 0.465 e. The number of ether oxygens (including phenoxy) is 2. The Kier molecular flexibility index (Phi) is 11.5. The van der Waals surface area contributed by atoms with Crippen LogP contribution < -0.4 is 10.1 Å². The van der Waals surface area contributed by atoms with E-state index in [2.05, 4.69) is 25.6 Å². The Morgan fingerprint density at radius 3 is 2.27 bits per heavy atom. The second-order valence-corrected chi connectivity index (χ2v) is 12.6. The van der Waals surface area contributed by atoms with Crippen LogP contribution in [0.5, 0.6) is 5.75 Å². The number of nitrogens with one attached hydrogen (secondary N) is 1. The number of carbonyl (C=O) groups is 3. The van der Waals surface area contributed by atoms with E-state index in [4.69, 9.17) is 4.74 Å². The van der Waals surface area contributed by atoms with Gasteiger partial charge in [0.2, 0.25) is 21.8 Å². The third-order valence-corrected chi connectivity index (χ3v) is 9.36. The molecule has 0 spiro atoms. The molecule has 1 aliphatic rings. The van der Waals surface area contributed by atoms with Gasteiger partial charge in [0.15, 0.2) is 5.82 Å². The quantitative estimate of drug-likeness (QED) is 0.205. The number of piperazine rings is 1. The van der Waals surface area contributed by atoms with Gasteiger partial charge >= 0.3 is 12.3 Å². The van der Waals surface area contributed by atoms with Gasteiger partial charge in [-0.2, -0.15) is 4.31 Å². The van der Waals surface area contributed by atoms with Gasteiger partial charge in [0.05, 0.1) is 17.9 Å². The van der Waals surface area contributed by atoms with Crippen LogP contribution in [0.3, 0.4) is 0 Å². The number of hydrogen-bond donors (Lipinski definition) is 1. The van der Waals surface area contributed by atoms with E-state index in [0.717, 1.165) is 33.3 Å². The standard InChI is InChI=1S/C29H32F5N7O7S/c1-3-28(30,31)20-7-5-19(6-8-20)16-35-27(44)23-17-39(25(42)15-24-36-37-38-40(24)18-26(43)47-4-2)13-14-41(23)49(45,46)22-11-9-21(10-12-22)48-29(32,33)34/h5-12,23H,3-4,13-18H2,1-2H3,(H,35,44). The summed E-state index contributed by atoms with van der Waals surface area (Å²) in [4.78, 5) is 39.6. The molecule has 0 saturated carbocycles. The maximum Gasteiger partial charge on any atom is 0.573 e. The normalized spacial score (nSPS) is 15.9. The number of carbonyl (C=O) groups excluding carboxylic acids is 3.